The lowest BCUT2D eigenvalue weighted by atomic mass is 10.1. The Kier molecular flexibility index (Phi) is 6.36. The van der Waals surface area contributed by atoms with Crippen LogP contribution in [0.25, 0.3) is 6.08 Å². The number of hydrogen-bond acceptors (Lipinski definition) is 6. The minimum Gasteiger partial charge on any atom is -0.493 e. The fourth-order valence-corrected chi connectivity index (χ4v) is 2.81. The molecule has 0 aliphatic carbocycles. The highest BCUT2D eigenvalue weighted by Crippen LogP contribution is 2.30. The van der Waals surface area contributed by atoms with Crippen molar-refractivity contribution in [3.8, 4) is 11.5 Å². The highest BCUT2D eigenvalue weighted by molar-refractivity contribution is 6.31. The van der Waals surface area contributed by atoms with E-state index in [1.54, 1.807) is 56.3 Å². The van der Waals surface area contributed by atoms with Crippen molar-refractivity contribution in [2.24, 2.45) is 0 Å². The molecule has 0 saturated carbocycles. The van der Waals surface area contributed by atoms with Gasteiger partial charge in [0.15, 0.2) is 18.1 Å². The predicted molar refractivity (Wildman–Crippen MR) is 110 cm³/mol. The van der Waals surface area contributed by atoms with Gasteiger partial charge in [0.2, 0.25) is 0 Å². The van der Waals surface area contributed by atoms with Gasteiger partial charge in [-0.3, -0.25) is 15.0 Å². The minimum absolute atomic E-state index is 0.00455. The lowest BCUT2D eigenvalue weighted by Crippen LogP contribution is -2.35. The van der Waals surface area contributed by atoms with Gasteiger partial charge in [0, 0.05) is 0 Å². The van der Waals surface area contributed by atoms with Crippen LogP contribution in [-0.4, -0.2) is 37.6 Å². The van der Waals surface area contributed by atoms with E-state index in [9.17, 15) is 14.4 Å². The molecule has 2 amide bonds. The van der Waals surface area contributed by atoms with Gasteiger partial charge in [-0.2, -0.15) is 0 Å². The van der Waals surface area contributed by atoms with Gasteiger partial charge in [-0.25, -0.2) is 9.80 Å². The van der Waals surface area contributed by atoms with Gasteiger partial charge < -0.3 is 14.2 Å². The fraction of sp³-hybridized carbons (Fsp3) is 0.227. The quantitative estimate of drug-likeness (QED) is 0.428. The number of nitrogens with one attached hydrogen (secondary N) is 1. The maximum absolute atomic E-state index is 12.7. The van der Waals surface area contributed by atoms with Crippen LogP contribution in [0.2, 0.25) is 0 Å². The van der Waals surface area contributed by atoms with Crippen molar-refractivity contribution in [2.45, 2.75) is 20.0 Å². The third-order valence-electron chi connectivity index (χ3n) is 4.12. The fourth-order valence-electron chi connectivity index (χ4n) is 2.81. The summed E-state index contributed by atoms with van der Waals surface area (Å²) in [7, 11) is 1.45. The van der Waals surface area contributed by atoms with Crippen molar-refractivity contribution in [2.75, 3.05) is 18.7 Å². The van der Waals surface area contributed by atoms with Crippen LogP contribution in [0.1, 0.15) is 19.4 Å². The number of ether oxygens (including phenoxy) is 3. The molecule has 8 nitrogen and oxygen atoms in total. The van der Waals surface area contributed by atoms with Crippen LogP contribution < -0.4 is 19.9 Å². The monoisotopic (exact) mass is 410 g/mol. The lowest BCUT2D eigenvalue weighted by molar-refractivity contribution is -0.149. The predicted octanol–water partition coefficient (Wildman–Crippen LogP) is 2.49. The summed E-state index contributed by atoms with van der Waals surface area (Å²) in [5.41, 5.74) is 3.67. The SMILES string of the molecule is COc1cc(C=C2C(=O)NN(c3ccccc3)C2=O)ccc1OCC(=O)OC(C)C. The number of amides is 2. The highest BCUT2D eigenvalue weighted by atomic mass is 16.6. The Balaban J connectivity index is 1.77. The van der Waals surface area contributed by atoms with E-state index in [4.69, 9.17) is 14.2 Å². The molecule has 0 atom stereocenters. The summed E-state index contributed by atoms with van der Waals surface area (Å²) in [4.78, 5) is 36.6. The second kappa shape index (κ2) is 9.13. The molecule has 0 aromatic heterocycles. The Labute approximate surface area is 174 Å². The number of para-hydroxylation sites is 1. The van der Waals surface area contributed by atoms with Crippen LogP contribution in [-0.2, 0) is 19.1 Å². The molecule has 156 valence electrons. The molecule has 2 aromatic carbocycles. The maximum atomic E-state index is 12.7. The first-order valence-corrected chi connectivity index (χ1v) is 9.31. The van der Waals surface area contributed by atoms with E-state index in [0.717, 1.165) is 0 Å². The first kappa shape index (κ1) is 20.9. The van der Waals surface area contributed by atoms with E-state index < -0.39 is 17.8 Å². The van der Waals surface area contributed by atoms with Crippen molar-refractivity contribution in [1.29, 1.82) is 0 Å². The molecule has 1 heterocycles. The van der Waals surface area contributed by atoms with E-state index in [1.807, 2.05) is 6.07 Å². The molecule has 0 unspecified atom stereocenters. The van der Waals surface area contributed by atoms with Crippen molar-refractivity contribution in [1.82, 2.24) is 5.43 Å². The largest absolute Gasteiger partial charge is 0.493 e. The zero-order valence-corrected chi connectivity index (χ0v) is 16.9. The van der Waals surface area contributed by atoms with Crippen molar-refractivity contribution in [3.63, 3.8) is 0 Å². The van der Waals surface area contributed by atoms with Crippen LogP contribution in [0.3, 0.4) is 0 Å². The second-order valence-corrected chi connectivity index (χ2v) is 6.71. The molecule has 1 fully saturated rings. The standard InChI is InChI=1S/C22H22N2O6/c1-14(2)30-20(25)13-29-18-10-9-15(12-19(18)28-3)11-17-21(26)23-24(22(17)27)16-7-5-4-6-8-16/h4-12,14H,13H2,1-3H3,(H,23,26). The molecular weight excluding hydrogens is 388 g/mol. The second-order valence-electron chi connectivity index (χ2n) is 6.71. The van der Waals surface area contributed by atoms with Crippen LogP contribution >= 0.6 is 0 Å². The summed E-state index contributed by atoms with van der Waals surface area (Å²) in [6, 6.07) is 13.7. The molecule has 30 heavy (non-hydrogen) atoms. The summed E-state index contributed by atoms with van der Waals surface area (Å²) in [5.74, 6) is -0.755. The van der Waals surface area contributed by atoms with Gasteiger partial charge in [-0.05, 0) is 49.8 Å². The summed E-state index contributed by atoms with van der Waals surface area (Å²) in [5, 5.41) is 1.20. The molecule has 1 aliphatic heterocycles. The number of carbonyl (C=O) groups is 3. The normalized spacial score (nSPS) is 14.8. The van der Waals surface area contributed by atoms with Gasteiger partial charge in [0.25, 0.3) is 11.8 Å². The number of methoxy groups -OCH3 is 1. The topological polar surface area (TPSA) is 94.2 Å². The summed E-state index contributed by atoms with van der Waals surface area (Å²) >= 11 is 0. The van der Waals surface area contributed by atoms with Gasteiger partial charge in [0.05, 0.1) is 18.9 Å². The average molecular weight is 410 g/mol. The van der Waals surface area contributed by atoms with E-state index >= 15 is 0 Å². The molecule has 1 aliphatic rings. The van der Waals surface area contributed by atoms with Crippen LogP contribution in [0.4, 0.5) is 5.69 Å². The molecule has 0 spiro atoms. The Hall–Kier alpha value is -3.81. The Morgan fingerprint density at radius 1 is 1.10 bits per heavy atom. The van der Waals surface area contributed by atoms with Crippen LogP contribution in [0, 0.1) is 0 Å². The Morgan fingerprint density at radius 3 is 2.50 bits per heavy atom. The zero-order chi connectivity index (χ0) is 21.7. The molecule has 1 saturated heterocycles. The van der Waals surface area contributed by atoms with Crippen molar-refractivity contribution >= 4 is 29.5 Å². The van der Waals surface area contributed by atoms with E-state index in [-0.39, 0.29) is 18.3 Å². The minimum atomic E-state index is -0.500. The third-order valence-corrected chi connectivity index (χ3v) is 4.12. The number of hydrogen-bond donors (Lipinski definition) is 1. The molecule has 0 bridgehead atoms. The lowest BCUT2D eigenvalue weighted by Gasteiger charge is -2.14. The van der Waals surface area contributed by atoms with Gasteiger partial charge >= 0.3 is 5.97 Å². The molecule has 3 rings (SSSR count). The average Bonchev–Trinajstić information content (AvgIpc) is 3.01. The van der Waals surface area contributed by atoms with Gasteiger partial charge in [-0.1, -0.05) is 24.3 Å². The van der Waals surface area contributed by atoms with Crippen molar-refractivity contribution in [3.05, 3.63) is 59.7 Å². The van der Waals surface area contributed by atoms with E-state index in [1.165, 1.54) is 18.2 Å². The molecule has 8 heteroatoms. The van der Waals surface area contributed by atoms with Crippen LogP contribution in [0.5, 0.6) is 11.5 Å². The van der Waals surface area contributed by atoms with E-state index in [2.05, 4.69) is 5.43 Å². The first-order chi connectivity index (χ1) is 14.4. The maximum Gasteiger partial charge on any atom is 0.344 e. The van der Waals surface area contributed by atoms with Crippen molar-refractivity contribution < 1.29 is 28.6 Å². The molecule has 0 radical (unpaired) electrons. The van der Waals surface area contributed by atoms with Gasteiger partial charge in [0.1, 0.15) is 5.57 Å². The number of rotatable bonds is 7. The number of nitrogens with zero attached hydrogens (tertiary/aromatic N) is 1. The van der Waals surface area contributed by atoms with Crippen LogP contribution in [0.15, 0.2) is 54.1 Å². The summed E-state index contributed by atoms with van der Waals surface area (Å²) in [6.07, 6.45) is 1.24. The zero-order valence-electron chi connectivity index (χ0n) is 16.9. The number of esters is 1. The smallest absolute Gasteiger partial charge is 0.344 e. The number of carbonyl (C=O) groups excluding carboxylic acids is 3. The molecular formula is C22H22N2O6. The Bertz CT molecular complexity index is 984. The number of anilines is 1. The summed E-state index contributed by atoms with van der Waals surface area (Å²) in [6.45, 7) is 3.24. The van der Waals surface area contributed by atoms with E-state index in [0.29, 0.717) is 22.7 Å². The third kappa shape index (κ3) is 4.78. The highest BCUT2D eigenvalue weighted by Gasteiger charge is 2.34. The number of benzene rings is 2. The first-order valence-electron chi connectivity index (χ1n) is 9.31. The Morgan fingerprint density at radius 2 is 1.83 bits per heavy atom. The molecule has 1 N–H and O–H groups in total. The summed E-state index contributed by atoms with van der Waals surface area (Å²) < 4.78 is 15.8. The van der Waals surface area contributed by atoms with Gasteiger partial charge in [-0.15, -0.1) is 0 Å². The molecule has 2 aromatic rings. The number of hydrazine groups is 1.